The smallest absolute Gasteiger partial charge is 0.312 e. The first-order valence-electron chi connectivity index (χ1n) is 17.1. The lowest BCUT2D eigenvalue weighted by atomic mass is 9.82. The van der Waals surface area contributed by atoms with E-state index in [1.165, 1.54) is 0 Å². The van der Waals surface area contributed by atoms with Crippen molar-refractivity contribution in [1.29, 1.82) is 0 Å². The van der Waals surface area contributed by atoms with Gasteiger partial charge in [0.2, 0.25) is 11.8 Å². The second kappa shape index (κ2) is 20.6. The van der Waals surface area contributed by atoms with Gasteiger partial charge in [-0.15, -0.1) is 0 Å². The monoisotopic (exact) mass is 766 g/mol. The molecule has 0 bridgehead atoms. The van der Waals surface area contributed by atoms with Gasteiger partial charge in [0.25, 0.3) is 0 Å². The van der Waals surface area contributed by atoms with E-state index in [2.05, 4.69) is 26.0 Å². The number of nitrogens with one attached hydrogen (secondary N) is 3. The second-order valence-electron chi connectivity index (χ2n) is 13.1. The maximum Gasteiger partial charge on any atom is 0.312 e. The summed E-state index contributed by atoms with van der Waals surface area (Å²) in [6.45, 7) is -0.505. The zero-order valence-electron chi connectivity index (χ0n) is 28.8. The highest BCUT2D eigenvalue weighted by molar-refractivity contribution is 5.81. The third-order valence-electron chi connectivity index (χ3n) is 9.32. The molecule has 17 atom stereocenters. The van der Waals surface area contributed by atoms with Crippen molar-refractivity contribution in [3.8, 4) is 0 Å². The molecule has 3 aliphatic rings. The third kappa shape index (κ3) is 11.5. The molecule has 0 aromatic carbocycles. The minimum atomic E-state index is -1.83. The summed E-state index contributed by atoms with van der Waals surface area (Å²) in [5.41, 5.74) is 44.2. The zero-order valence-corrected chi connectivity index (χ0v) is 28.8. The Balaban J connectivity index is 1.86. The molecule has 0 aromatic rings. The summed E-state index contributed by atoms with van der Waals surface area (Å²) in [4.78, 5) is 39.3. The highest BCUT2D eigenvalue weighted by Crippen LogP contribution is 2.33. The van der Waals surface area contributed by atoms with Crippen LogP contribution in [0.4, 0.5) is 4.79 Å². The van der Waals surface area contributed by atoms with Crippen molar-refractivity contribution < 1.29 is 64.0 Å². The lowest BCUT2D eigenvalue weighted by Gasteiger charge is -2.49. The van der Waals surface area contributed by atoms with Crippen LogP contribution < -0.4 is 50.4 Å². The predicted octanol–water partition coefficient (Wildman–Crippen LogP) is -8.21. The minimum Gasteiger partial charge on any atom is -0.389 e. The second-order valence-corrected chi connectivity index (χ2v) is 13.1. The molecule has 2 saturated heterocycles. The van der Waals surface area contributed by atoms with Crippen LogP contribution in [0, 0.1) is 0 Å². The number of rotatable bonds is 17. The number of nitrogens with zero attached hydrogens (tertiary/aromatic N) is 3. The Morgan fingerprint density at radius 3 is 2.15 bits per heavy atom. The van der Waals surface area contributed by atoms with Gasteiger partial charge in [-0.05, 0) is 37.8 Å². The number of urea groups is 1. The number of amides is 4. The van der Waals surface area contributed by atoms with Gasteiger partial charge in [0, 0.05) is 30.6 Å². The van der Waals surface area contributed by atoms with Gasteiger partial charge in [0.05, 0.1) is 42.5 Å². The maximum atomic E-state index is 12.9. The Morgan fingerprint density at radius 1 is 0.887 bits per heavy atom. The third-order valence-corrected chi connectivity index (χ3v) is 9.32. The van der Waals surface area contributed by atoms with Crippen LogP contribution in [0.2, 0.25) is 0 Å². The molecule has 1 saturated carbocycles. The summed E-state index contributed by atoms with van der Waals surface area (Å²) in [7, 11) is 0. The van der Waals surface area contributed by atoms with Crippen LogP contribution in [-0.4, -0.2) is 178 Å². The van der Waals surface area contributed by atoms with Gasteiger partial charge in [-0.1, -0.05) is 5.11 Å². The van der Waals surface area contributed by atoms with E-state index in [4.69, 9.17) is 53.3 Å². The first-order valence-corrected chi connectivity index (χ1v) is 17.1. The fourth-order valence-electron chi connectivity index (χ4n) is 6.27. The molecule has 0 aromatic heterocycles. The highest BCUT2D eigenvalue weighted by Gasteiger charge is 2.53. The topological polar surface area (TPSA) is 450 Å². The Labute approximate surface area is 303 Å². The van der Waals surface area contributed by atoms with E-state index in [0.717, 1.165) is 0 Å². The van der Waals surface area contributed by atoms with Crippen LogP contribution in [0.3, 0.4) is 0 Å². The van der Waals surface area contributed by atoms with Crippen LogP contribution in [0.1, 0.15) is 25.7 Å². The van der Waals surface area contributed by atoms with Gasteiger partial charge in [0.15, 0.2) is 12.6 Å². The molecule has 25 nitrogen and oxygen atoms in total. The van der Waals surface area contributed by atoms with Gasteiger partial charge in [0.1, 0.15) is 42.7 Å². The number of azide groups is 1. The van der Waals surface area contributed by atoms with Crippen molar-refractivity contribution in [3.05, 3.63) is 10.4 Å². The van der Waals surface area contributed by atoms with Gasteiger partial charge >= 0.3 is 6.03 Å². The van der Waals surface area contributed by atoms with Crippen LogP contribution in [0.25, 0.3) is 10.4 Å². The molecule has 4 amide bonds. The standard InChI is InChI=1S/C28H54N12O13/c29-4-3-12(41)25(48)38-11-6-10(32)22(52-27-21(46)20(45)18(43)13(7-30)50-27)16(39-40-35)23(11)53-26-19(44)15(33)17(42)14(51-26)8-37-24(47)9(31)2-1-5-36-28(34)49/h9-23,26-27,41-46H,1-8,29-33H2,(H,37,47)(H,38,48)(H3,34,36,49)/t9-,10-,11-,12+,13-,14+,15-,16+,17+,18-,19+,20+,21-,22-,23-,26+,27+/m1/s1. The summed E-state index contributed by atoms with van der Waals surface area (Å²) in [6, 6.07) is -6.98. The SMILES string of the molecule is [N-]=[N+]=N[C@H]1[C@H](O[C@@H]2O[C@H](CN)[C@@H](O)[C@H](O)[C@H]2O)[C@H](N)C[C@@H](NC(=O)[C@@H](O)CCN)[C@H]1O[C@@H]1O[C@@H](CNC(=O)[C@H](N)CCCNC(N)=O)[C@H](O)[C@@H](N)[C@@H]1O. The molecular weight excluding hydrogens is 712 g/mol. The molecule has 3 fully saturated rings. The van der Waals surface area contributed by atoms with E-state index >= 15 is 0 Å². The number of carbonyl (C=O) groups excluding carboxylic acids is 3. The van der Waals surface area contributed by atoms with E-state index in [1.807, 2.05) is 0 Å². The number of nitrogens with two attached hydrogens (primary N) is 6. The number of aliphatic hydroxyl groups excluding tert-OH is 6. The minimum absolute atomic E-state index is 0.0400. The van der Waals surface area contributed by atoms with E-state index in [-0.39, 0.29) is 45.4 Å². The van der Waals surface area contributed by atoms with Gasteiger partial charge in [-0.2, -0.15) is 0 Å². The van der Waals surface area contributed by atoms with Crippen molar-refractivity contribution >= 4 is 17.8 Å². The van der Waals surface area contributed by atoms with Crippen LogP contribution >= 0.6 is 0 Å². The normalized spacial score (nSPS) is 38.5. The lowest BCUT2D eigenvalue weighted by molar-refractivity contribution is -0.320. The summed E-state index contributed by atoms with van der Waals surface area (Å²) in [6.07, 6.45) is -18.6. The van der Waals surface area contributed by atoms with Gasteiger partial charge in [-0.25, -0.2) is 4.79 Å². The molecule has 53 heavy (non-hydrogen) atoms. The Hall–Kier alpha value is -3.08. The molecular formula is C28H54N12O13. The summed E-state index contributed by atoms with van der Waals surface area (Å²) in [5, 5.41) is 74.7. The van der Waals surface area contributed by atoms with E-state index in [0.29, 0.717) is 6.42 Å². The fraction of sp³-hybridized carbons (Fsp3) is 0.893. The summed E-state index contributed by atoms with van der Waals surface area (Å²) < 4.78 is 23.5. The van der Waals surface area contributed by atoms with E-state index < -0.39 is 122 Å². The number of primary amides is 1. The van der Waals surface area contributed by atoms with Crippen molar-refractivity contribution in [3.63, 3.8) is 0 Å². The molecule has 3 rings (SSSR count). The number of hydrogen-bond donors (Lipinski definition) is 15. The van der Waals surface area contributed by atoms with E-state index in [9.17, 15) is 50.6 Å². The quantitative estimate of drug-likeness (QED) is 0.0283. The van der Waals surface area contributed by atoms with Crippen molar-refractivity contribution in [2.75, 3.05) is 26.2 Å². The first kappa shape index (κ1) is 44.3. The zero-order chi connectivity index (χ0) is 39.6. The van der Waals surface area contributed by atoms with Crippen LogP contribution in [-0.2, 0) is 28.5 Å². The summed E-state index contributed by atoms with van der Waals surface area (Å²) in [5.74, 6) is -1.53. The average Bonchev–Trinajstić information content (AvgIpc) is 3.12. The molecule has 0 spiro atoms. The molecule has 0 radical (unpaired) electrons. The predicted molar refractivity (Wildman–Crippen MR) is 179 cm³/mol. The van der Waals surface area contributed by atoms with Crippen molar-refractivity contribution in [1.82, 2.24) is 16.0 Å². The van der Waals surface area contributed by atoms with Crippen molar-refractivity contribution in [2.24, 2.45) is 39.5 Å². The Morgan fingerprint density at radius 2 is 1.53 bits per heavy atom. The first-order chi connectivity index (χ1) is 25.1. The summed E-state index contributed by atoms with van der Waals surface area (Å²) >= 11 is 0. The Kier molecular flexibility index (Phi) is 17.2. The van der Waals surface area contributed by atoms with Crippen molar-refractivity contribution in [2.45, 2.75) is 130 Å². The maximum absolute atomic E-state index is 12.9. The van der Waals surface area contributed by atoms with Gasteiger partial charge in [-0.3, -0.25) is 9.59 Å². The molecule has 2 aliphatic heterocycles. The van der Waals surface area contributed by atoms with Crippen LogP contribution in [0.5, 0.6) is 0 Å². The Bertz CT molecular complexity index is 1250. The average molecular weight is 767 g/mol. The lowest BCUT2D eigenvalue weighted by Crippen LogP contribution is -2.69. The highest BCUT2D eigenvalue weighted by atomic mass is 16.7. The molecule has 2 heterocycles. The van der Waals surface area contributed by atoms with Gasteiger partial charge < -0.3 is 99.9 Å². The molecule has 21 N–H and O–H groups in total. The number of ether oxygens (including phenoxy) is 4. The molecule has 0 unspecified atom stereocenters. The molecule has 304 valence electrons. The molecule has 1 aliphatic carbocycles. The van der Waals surface area contributed by atoms with Crippen LogP contribution in [0.15, 0.2) is 5.11 Å². The number of aliphatic hydroxyl groups is 6. The fourth-order valence-corrected chi connectivity index (χ4v) is 6.27. The van der Waals surface area contributed by atoms with E-state index in [1.54, 1.807) is 0 Å². The molecule has 25 heteroatoms. The largest absolute Gasteiger partial charge is 0.389 e. The number of carbonyl (C=O) groups is 3. The number of hydrogen-bond acceptors (Lipinski definition) is 19.